The molecule has 2 saturated carbocycles. The summed E-state index contributed by atoms with van der Waals surface area (Å²) in [5.41, 5.74) is 9.24. The summed E-state index contributed by atoms with van der Waals surface area (Å²) in [7, 11) is 0. The second kappa shape index (κ2) is 13.5. The van der Waals surface area contributed by atoms with Crippen molar-refractivity contribution in [3.63, 3.8) is 0 Å². The Morgan fingerprint density at radius 2 is 1.71 bits per heavy atom. The third-order valence-electron chi connectivity index (χ3n) is 8.89. The number of aliphatic hydroxyl groups is 8. The van der Waals surface area contributed by atoms with Gasteiger partial charge in [-0.3, -0.25) is 4.79 Å². The molecule has 16 heteroatoms. The molecule has 2 heterocycles. The summed E-state index contributed by atoms with van der Waals surface area (Å²) in [5, 5.41) is 90.0. The minimum atomic E-state index is -1.70. The van der Waals surface area contributed by atoms with Crippen molar-refractivity contribution >= 4 is 5.91 Å². The molecule has 16 nitrogen and oxygen atoms in total. The van der Waals surface area contributed by atoms with E-state index < -0.39 is 90.2 Å². The lowest BCUT2D eigenvalue weighted by Crippen LogP contribution is -2.71. The second-order valence-electron chi connectivity index (χ2n) is 12.7. The Labute approximate surface area is 243 Å². The van der Waals surface area contributed by atoms with Crippen molar-refractivity contribution in [3.05, 3.63) is 0 Å². The number of aliphatic hydroxyl groups excluding tert-OH is 6. The molecule has 2 aliphatic carbocycles. The van der Waals surface area contributed by atoms with E-state index in [1.54, 1.807) is 0 Å². The van der Waals surface area contributed by atoms with Gasteiger partial charge in [-0.2, -0.15) is 0 Å². The van der Waals surface area contributed by atoms with Crippen molar-refractivity contribution in [1.29, 1.82) is 0 Å². The van der Waals surface area contributed by atoms with Gasteiger partial charge in [0.1, 0.15) is 36.1 Å². The van der Waals surface area contributed by atoms with E-state index >= 15 is 0 Å². The summed E-state index contributed by atoms with van der Waals surface area (Å²) >= 11 is 0. The van der Waals surface area contributed by atoms with Gasteiger partial charge in [-0.1, -0.05) is 0 Å². The van der Waals surface area contributed by atoms with E-state index in [4.69, 9.17) is 30.8 Å². The molecule has 14 N–H and O–H groups in total. The summed E-state index contributed by atoms with van der Waals surface area (Å²) in [5.74, 6) is -1.81. The minimum Gasteiger partial charge on any atom is -0.396 e. The van der Waals surface area contributed by atoms with Crippen LogP contribution in [0.2, 0.25) is 0 Å². The van der Waals surface area contributed by atoms with Gasteiger partial charge in [-0.05, 0) is 26.3 Å². The van der Waals surface area contributed by atoms with Crippen LogP contribution in [0.25, 0.3) is 0 Å². The fourth-order valence-electron chi connectivity index (χ4n) is 6.52. The lowest BCUT2D eigenvalue weighted by molar-refractivity contribution is -0.297. The summed E-state index contributed by atoms with van der Waals surface area (Å²) in [6, 6.07) is -2.25. The lowest BCUT2D eigenvalue weighted by atomic mass is 9.71. The van der Waals surface area contributed by atoms with Crippen molar-refractivity contribution in [2.45, 2.75) is 123 Å². The summed E-state index contributed by atoms with van der Waals surface area (Å²) in [6.07, 6.45) is -12.0. The molecule has 0 aromatic rings. The van der Waals surface area contributed by atoms with Crippen LogP contribution < -0.4 is 22.1 Å². The normalized spacial score (nSPS) is 49.7. The van der Waals surface area contributed by atoms with Crippen molar-refractivity contribution < 1.29 is 59.9 Å². The molecule has 42 heavy (non-hydrogen) atoms. The molecule has 4 aliphatic rings. The zero-order valence-electron chi connectivity index (χ0n) is 23.7. The van der Waals surface area contributed by atoms with Crippen molar-refractivity contribution in [2.75, 3.05) is 26.3 Å². The Morgan fingerprint density at radius 3 is 2.33 bits per heavy atom. The number of nitrogens with one attached hydrogen (secondary N) is 2. The molecule has 0 spiro atoms. The summed E-state index contributed by atoms with van der Waals surface area (Å²) < 4.78 is 17.6. The third-order valence-corrected chi connectivity index (χ3v) is 8.89. The maximum atomic E-state index is 13.0. The van der Waals surface area contributed by atoms with Crippen molar-refractivity contribution in [1.82, 2.24) is 10.6 Å². The average molecular weight is 609 g/mol. The Morgan fingerprint density at radius 1 is 1.02 bits per heavy atom. The first-order valence-corrected chi connectivity index (χ1v) is 14.6. The molecule has 0 bridgehead atoms. The first kappa shape index (κ1) is 33.8. The lowest BCUT2D eigenvalue weighted by Gasteiger charge is -2.52. The van der Waals surface area contributed by atoms with Crippen LogP contribution in [0, 0.1) is 5.92 Å². The highest BCUT2D eigenvalue weighted by molar-refractivity contribution is 5.86. The second-order valence-corrected chi connectivity index (χ2v) is 12.7. The quantitative estimate of drug-likeness (QED) is 0.103. The van der Waals surface area contributed by atoms with Gasteiger partial charge in [-0.25, -0.2) is 0 Å². The van der Waals surface area contributed by atoms with Crippen LogP contribution >= 0.6 is 0 Å². The maximum absolute atomic E-state index is 13.0. The number of rotatable bonds is 10. The Balaban J connectivity index is 1.55. The zero-order valence-corrected chi connectivity index (χ0v) is 23.7. The van der Waals surface area contributed by atoms with E-state index in [1.165, 1.54) is 6.92 Å². The van der Waals surface area contributed by atoms with Crippen LogP contribution in [0.4, 0.5) is 0 Å². The van der Waals surface area contributed by atoms with Crippen molar-refractivity contribution in [2.24, 2.45) is 17.4 Å². The van der Waals surface area contributed by atoms with E-state index in [-0.39, 0.29) is 51.5 Å². The highest BCUT2D eigenvalue weighted by Crippen LogP contribution is 2.38. The van der Waals surface area contributed by atoms with E-state index in [1.807, 2.05) is 0 Å². The fraction of sp³-hybridized carbons (Fsp3) is 0.962. The maximum Gasteiger partial charge on any atom is 0.252 e. The Kier molecular flexibility index (Phi) is 10.9. The van der Waals surface area contributed by atoms with E-state index in [9.17, 15) is 40.5 Å². The molecular formula is C26H48N4O12. The van der Waals surface area contributed by atoms with Gasteiger partial charge < -0.3 is 77.2 Å². The smallest absolute Gasteiger partial charge is 0.252 e. The molecule has 244 valence electrons. The minimum absolute atomic E-state index is 0.0224. The molecule has 0 aromatic heterocycles. The molecule has 2 saturated heterocycles. The number of carbonyl (C=O) groups excluding carboxylic acids is 1. The molecule has 0 aromatic carbocycles. The van der Waals surface area contributed by atoms with Gasteiger partial charge >= 0.3 is 0 Å². The van der Waals surface area contributed by atoms with Crippen LogP contribution in [-0.2, 0) is 19.0 Å². The average Bonchev–Trinajstić information content (AvgIpc) is 2.89. The number of hydrogen-bond acceptors (Lipinski definition) is 15. The molecule has 4 rings (SSSR count). The fourth-order valence-corrected chi connectivity index (χ4v) is 6.52. The first-order chi connectivity index (χ1) is 19.7. The number of amides is 1. The summed E-state index contributed by atoms with van der Waals surface area (Å²) in [6.45, 7) is 1.74. The first-order valence-electron chi connectivity index (χ1n) is 14.6. The van der Waals surface area contributed by atoms with Crippen LogP contribution in [-0.4, -0.2) is 158 Å². The zero-order chi connectivity index (χ0) is 31.0. The monoisotopic (exact) mass is 608 g/mol. The summed E-state index contributed by atoms with van der Waals surface area (Å²) in [4.78, 5) is 13.0. The predicted octanol–water partition coefficient (Wildman–Crippen LogP) is -5.90. The van der Waals surface area contributed by atoms with Gasteiger partial charge in [0.2, 0.25) is 0 Å². The van der Waals surface area contributed by atoms with E-state index in [0.717, 1.165) is 0 Å². The Hall–Kier alpha value is -1.09. The highest BCUT2D eigenvalue weighted by atomic mass is 16.7. The molecule has 1 unspecified atom stereocenters. The molecule has 2 aliphatic heterocycles. The van der Waals surface area contributed by atoms with Crippen LogP contribution in [0.5, 0.6) is 0 Å². The number of ether oxygens (including phenoxy) is 3. The predicted molar refractivity (Wildman–Crippen MR) is 143 cm³/mol. The number of carbonyl (C=O) groups is 1. The largest absolute Gasteiger partial charge is 0.396 e. The SMILES string of the molecule is C[C@]1(O)CO[C@H](O[C@H]2[C@H](NC(=O)C3(O)CC(N)C3)C[C@H](N)C([C@H]3O[C@H](CNCCCO)[C@@H](O)[C@H](O)[C@H]3O)[C@@H]2O)[C@H](O)C1. The van der Waals surface area contributed by atoms with Gasteiger partial charge in [-0.15, -0.1) is 0 Å². The third kappa shape index (κ3) is 7.24. The van der Waals surface area contributed by atoms with Crippen LogP contribution in [0.15, 0.2) is 0 Å². The molecule has 1 amide bonds. The van der Waals surface area contributed by atoms with Gasteiger partial charge in [0.15, 0.2) is 6.29 Å². The van der Waals surface area contributed by atoms with Gasteiger partial charge in [0, 0.05) is 50.4 Å². The Bertz CT molecular complexity index is 911. The van der Waals surface area contributed by atoms with E-state index in [0.29, 0.717) is 13.0 Å². The molecule has 0 radical (unpaired) electrons. The van der Waals surface area contributed by atoms with Crippen LogP contribution in [0.3, 0.4) is 0 Å². The standard InChI is InChI=1S/C26H48N4O12/c1-25(38)8-14(32)23(40-10-25)42-21-13(30-24(37)26(39)6-11(27)7-26)5-12(28)16(18(21)34)22-20(36)19(35)17(33)15(41-22)9-29-3-2-4-31/h11-23,29,31-36,38-39H,2-10,27-28H2,1H3,(H,30,37)/t11?,12-,13+,14+,15+,16?,17+,18-,19-,20+,21-,22+,23+,25+,26?/m0/s1. The van der Waals surface area contributed by atoms with Gasteiger partial charge in [0.25, 0.3) is 5.91 Å². The van der Waals surface area contributed by atoms with E-state index in [2.05, 4.69) is 10.6 Å². The highest BCUT2D eigenvalue weighted by Gasteiger charge is 2.56. The van der Waals surface area contributed by atoms with Gasteiger partial charge in [0.05, 0.1) is 36.6 Å². The molecule has 4 fully saturated rings. The van der Waals surface area contributed by atoms with Crippen LogP contribution in [0.1, 0.15) is 39.0 Å². The molecular weight excluding hydrogens is 560 g/mol. The number of hydrogen-bond donors (Lipinski definition) is 12. The number of nitrogens with two attached hydrogens (primary N) is 2. The topological polar surface area (TPSA) is 283 Å². The van der Waals surface area contributed by atoms with Crippen molar-refractivity contribution in [3.8, 4) is 0 Å². The molecule has 13 atom stereocenters.